The number of aromatic nitrogens is 1. The number of carbonyl (C=O) groups is 2. The van der Waals surface area contributed by atoms with E-state index < -0.39 is 18.5 Å². The van der Waals surface area contributed by atoms with Crippen LogP contribution in [-0.2, 0) is 9.53 Å². The third-order valence-corrected chi connectivity index (χ3v) is 3.29. The van der Waals surface area contributed by atoms with Gasteiger partial charge in [-0.2, -0.15) is 0 Å². The van der Waals surface area contributed by atoms with Gasteiger partial charge >= 0.3 is 5.97 Å². The molecule has 1 amide bonds. The summed E-state index contributed by atoms with van der Waals surface area (Å²) in [5.41, 5.74) is 0.461. The van der Waals surface area contributed by atoms with Crippen LogP contribution in [0.15, 0.2) is 36.5 Å². The van der Waals surface area contributed by atoms with Crippen LogP contribution in [0.1, 0.15) is 10.4 Å². The number of carbonyl (C=O) groups excluding carboxylic acids is 2. The number of methoxy groups -OCH3 is 1. The van der Waals surface area contributed by atoms with Crippen LogP contribution in [-0.4, -0.2) is 30.6 Å². The number of esters is 1. The van der Waals surface area contributed by atoms with Crippen LogP contribution in [0.25, 0.3) is 0 Å². The van der Waals surface area contributed by atoms with Gasteiger partial charge in [0.2, 0.25) is 0 Å². The van der Waals surface area contributed by atoms with Crippen molar-refractivity contribution in [3.05, 3.63) is 52.3 Å². The Bertz CT molecular complexity index is 737. The van der Waals surface area contributed by atoms with E-state index in [2.05, 4.69) is 10.3 Å². The smallest absolute Gasteiger partial charge is 0.341 e. The molecule has 0 aliphatic rings. The number of pyridine rings is 1. The second-order valence-corrected chi connectivity index (χ2v) is 5.11. The summed E-state index contributed by atoms with van der Waals surface area (Å²) in [4.78, 5) is 27.5. The van der Waals surface area contributed by atoms with Crippen molar-refractivity contribution in [1.82, 2.24) is 4.98 Å². The largest absolute Gasteiger partial charge is 0.495 e. The Kier molecular flexibility index (Phi) is 5.78. The van der Waals surface area contributed by atoms with E-state index in [9.17, 15) is 9.59 Å². The molecule has 1 aromatic heterocycles. The molecule has 1 N–H and O–H groups in total. The number of nitrogens with one attached hydrogen (secondary N) is 1. The van der Waals surface area contributed by atoms with Crippen LogP contribution in [0.2, 0.25) is 10.2 Å². The van der Waals surface area contributed by atoms with Crippen LogP contribution in [0, 0.1) is 0 Å². The zero-order valence-corrected chi connectivity index (χ0v) is 13.5. The van der Waals surface area contributed by atoms with Gasteiger partial charge in [-0.3, -0.25) is 4.79 Å². The Labute approximate surface area is 142 Å². The molecule has 0 radical (unpaired) electrons. The summed E-state index contributed by atoms with van der Waals surface area (Å²) in [6.07, 6.45) is 1.44. The summed E-state index contributed by atoms with van der Waals surface area (Å²) in [6, 6.07) is 7.76. The van der Waals surface area contributed by atoms with Crippen molar-refractivity contribution < 1.29 is 19.1 Å². The fourth-order valence-electron chi connectivity index (χ4n) is 1.71. The maximum absolute atomic E-state index is 11.9. The van der Waals surface area contributed by atoms with E-state index in [4.69, 9.17) is 32.7 Å². The van der Waals surface area contributed by atoms with Crippen LogP contribution in [0.4, 0.5) is 5.69 Å². The molecule has 0 spiro atoms. The summed E-state index contributed by atoms with van der Waals surface area (Å²) in [6.45, 7) is -0.486. The van der Waals surface area contributed by atoms with Gasteiger partial charge in [0.1, 0.15) is 10.9 Å². The predicted molar refractivity (Wildman–Crippen MR) is 86.2 cm³/mol. The maximum atomic E-state index is 11.9. The van der Waals surface area contributed by atoms with Crippen molar-refractivity contribution in [2.75, 3.05) is 19.0 Å². The molecule has 0 aliphatic heterocycles. The monoisotopic (exact) mass is 354 g/mol. The lowest BCUT2D eigenvalue weighted by Crippen LogP contribution is -2.21. The molecule has 23 heavy (non-hydrogen) atoms. The van der Waals surface area contributed by atoms with Crippen molar-refractivity contribution in [2.45, 2.75) is 0 Å². The first-order valence-corrected chi connectivity index (χ1v) is 7.18. The molecule has 0 unspecified atom stereocenters. The molecule has 6 nitrogen and oxygen atoms in total. The summed E-state index contributed by atoms with van der Waals surface area (Å²) in [5.74, 6) is -0.848. The van der Waals surface area contributed by atoms with Gasteiger partial charge in [-0.25, -0.2) is 9.78 Å². The molecule has 8 heteroatoms. The molecule has 0 aliphatic carbocycles. The van der Waals surface area contributed by atoms with E-state index in [-0.39, 0.29) is 10.7 Å². The number of amides is 1. The van der Waals surface area contributed by atoms with Gasteiger partial charge in [-0.05, 0) is 30.3 Å². The molecular weight excluding hydrogens is 343 g/mol. The second kappa shape index (κ2) is 7.80. The van der Waals surface area contributed by atoms with Gasteiger partial charge in [-0.1, -0.05) is 23.2 Å². The Balaban J connectivity index is 1.97. The van der Waals surface area contributed by atoms with Gasteiger partial charge in [0.15, 0.2) is 6.61 Å². The highest BCUT2D eigenvalue weighted by Crippen LogP contribution is 2.27. The molecule has 2 aromatic rings. The molecule has 0 atom stereocenters. The lowest BCUT2D eigenvalue weighted by molar-refractivity contribution is -0.119. The molecular formula is C15H12Cl2N2O4. The highest BCUT2D eigenvalue weighted by molar-refractivity contribution is 6.32. The third-order valence-electron chi connectivity index (χ3n) is 2.75. The normalized spacial score (nSPS) is 10.0. The topological polar surface area (TPSA) is 77.5 Å². The Morgan fingerprint density at radius 3 is 2.74 bits per heavy atom. The fraction of sp³-hybridized carbons (Fsp3) is 0.133. The van der Waals surface area contributed by atoms with Crippen LogP contribution < -0.4 is 10.1 Å². The maximum Gasteiger partial charge on any atom is 0.341 e. The molecule has 0 fully saturated rings. The average Bonchev–Trinajstić information content (AvgIpc) is 2.53. The van der Waals surface area contributed by atoms with Gasteiger partial charge in [-0.15, -0.1) is 0 Å². The van der Waals surface area contributed by atoms with Crippen molar-refractivity contribution in [3.8, 4) is 5.75 Å². The van der Waals surface area contributed by atoms with Gasteiger partial charge in [0.05, 0.1) is 18.4 Å². The van der Waals surface area contributed by atoms with Gasteiger partial charge in [0, 0.05) is 11.2 Å². The van der Waals surface area contributed by atoms with Crippen LogP contribution in [0.5, 0.6) is 5.75 Å². The molecule has 1 heterocycles. The minimum Gasteiger partial charge on any atom is -0.495 e. The number of rotatable bonds is 5. The molecule has 2 rings (SSSR count). The third kappa shape index (κ3) is 4.58. The number of nitrogens with zero attached hydrogens (tertiary/aromatic N) is 1. The number of benzene rings is 1. The van der Waals surface area contributed by atoms with E-state index >= 15 is 0 Å². The zero-order valence-electron chi connectivity index (χ0n) is 12.0. The van der Waals surface area contributed by atoms with E-state index in [1.807, 2.05) is 0 Å². The SMILES string of the molecule is COc1ccc(Cl)cc1NC(=O)COC(=O)c1cccnc1Cl. The molecule has 0 bridgehead atoms. The Morgan fingerprint density at radius 1 is 1.26 bits per heavy atom. The standard InChI is InChI=1S/C15H12Cl2N2O4/c1-22-12-5-4-9(16)7-11(12)19-13(20)8-23-15(21)10-3-2-6-18-14(10)17/h2-7H,8H2,1H3,(H,19,20). The summed E-state index contributed by atoms with van der Waals surface area (Å²) in [7, 11) is 1.46. The molecule has 120 valence electrons. The highest BCUT2D eigenvalue weighted by Gasteiger charge is 2.15. The quantitative estimate of drug-likeness (QED) is 0.658. The van der Waals surface area contributed by atoms with E-state index in [1.54, 1.807) is 18.2 Å². The highest BCUT2D eigenvalue weighted by atomic mass is 35.5. The Hall–Kier alpha value is -2.31. The summed E-state index contributed by atoms with van der Waals surface area (Å²) < 4.78 is 10.0. The van der Waals surface area contributed by atoms with Gasteiger partial charge in [0.25, 0.3) is 5.91 Å². The number of anilines is 1. The lowest BCUT2D eigenvalue weighted by Gasteiger charge is -2.11. The zero-order chi connectivity index (χ0) is 16.8. The summed E-state index contributed by atoms with van der Waals surface area (Å²) >= 11 is 11.6. The second-order valence-electron chi connectivity index (χ2n) is 4.31. The van der Waals surface area contributed by atoms with E-state index in [0.29, 0.717) is 16.5 Å². The first-order valence-electron chi connectivity index (χ1n) is 6.42. The van der Waals surface area contributed by atoms with Crippen molar-refractivity contribution in [2.24, 2.45) is 0 Å². The Morgan fingerprint density at radius 2 is 2.04 bits per heavy atom. The minimum atomic E-state index is -0.740. The number of hydrogen-bond donors (Lipinski definition) is 1. The first kappa shape index (κ1) is 17.1. The molecule has 0 saturated heterocycles. The molecule has 0 saturated carbocycles. The fourth-order valence-corrected chi connectivity index (χ4v) is 2.08. The van der Waals surface area contributed by atoms with Crippen molar-refractivity contribution in [3.63, 3.8) is 0 Å². The van der Waals surface area contributed by atoms with Crippen LogP contribution in [0.3, 0.4) is 0 Å². The van der Waals surface area contributed by atoms with E-state index in [0.717, 1.165) is 0 Å². The number of hydrogen-bond acceptors (Lipinski definition) is 5. The number of halogens is 2. The average molecular weight is 355 g/mol. The minimum absolute atomic E-state index is 0.00872. The van der Waals surface area contributed by atoms with Crippen LogP contribution >= 0.6 is 23.2 Å². The van der Waals surface area contributed by atoms with E-state index in [1.165, 1.54) is 25.4 Å². The van der Waals surface area contributed by atoms with Gasteiger partial charge < -0.3 is 14.8 Å². The number of ether oxygens (including phenoxy) is 2. The van der Waals surface area contributed by atoms with Crippen molar-refractivity contribution in [1.29, 1.82) is 0 Å². The first-order chi connectivity index (χ1) is 11.0. The van der Waals surface area contributed by atoms with Crippen molar-refractivity contribution >= 4 is 40.8 Å². The molecule has 1 aromatic carbocycles. The lowest BCUT2D eigenvalue weighted by atomic mass is 10.3. The summed E-state index contributed by atoms with van der Waals surface area (Å²) in [5, 5.41) is 2.99. The predicted octanol–water partition coefficient (Wildman–Crippen LogP) is 3.19.